The lowest BCUT2D eigenvalue weighted by atomic mass is 9.95. The minimum absolute atomic E-state index is 0.276. The Morgan fingerprint density at radius 3 is 1.97 bits per heavy atom. The van der Waals surface area contributed by atoms with E-state index in [4.69, 9.17) is 14.2 Å². The first-order valence-corrected chi connectivity index (χ1v) is 12.3. The SMILES string of the molecule is COCCOc1ccc(-c2c(C#N)c(NCc3ccc(OC)cc3)nc(NCc3cccnc3)c2C#N)cc1. The van der Waals surface area contributed by atoms with Crippen molar-refractivity contribution in [3.8, 4) is 34.8 Å². The standard InChI is InChI=1S/C30H28N6O3/c1-37-14-15-39-25-11-7-23(8-12-25)28-26(16-31)29(34-19-21-5-9-24(38-2)10-6-21)36-30(27(28)17-32)35-20-22-4-3-13-33-18-22/h3-13,18H,14-15,19-20H2,1-2H3,(H2,34,35,36). The number of methoxy groups -OCH3 is 2. The molecule has 2 aromatic heterocycles. The van der Waals surface area contributed by atoms with Gasteiger partial charge in [-0.05, 0) is 47.0 Å². The van der Waals surface area contributed by atoms with Crippen LogP contribution in [0.4, 0.5) is 11.6 Å². The fraction of sp³-hybridized carbons (Fsp3) is 0.200. The summed E-state index contributed by atoms with van der Waals surface area (Å²) in [7, 11) is 3.23. The molecule has 4 aromatic rings. The van der Waals surface area contributed by atoms with Gasteiger partial charge in [-0.1, -0.05) is 30.3 Å². The second-order valence-electron chi connectivity index (χ2n) is 8.44. The molecule has 0 saturated heterocycles. The van der Waals surface area contributed by atoms with Crippen LogP contribution in [0.3, 0.4) is 0 Å². The highest BCUT2D eigenvalue weighted by Gasteiger charge is 2.21. The minimum atomic E-state index is 0.276. The van der Waals surface area contributed by atoms with E-state index in [-0.39, 0.29) is 11.1 Å². The second kappa shape index (κ2) is 13.4. The molecule has 0 fully saturated rings. The van der Waals surface area contributed by atoms with Gasteiger partial charge in [-0.15, -0.1) is 0 Å². The number of pyridine rings is 2. The molecule has 0 spiro atoms. The first-order valence-electron chi connectivity index (χ1n) is 12.3. The van der Waals surface area contributed by atoms with Crippen molar-refractivity contribution in [1.82, 2.24) is 9.97 Å². The second-order valence-corrected chi connectivity index (χ2v) is 8.44. The molecule has 0 aliphatic heterocycles. The van der Waals surface area contributed by atoms with Crippen LogP contribution in [0.5, 0.6) is 11.5 Å². The summed E-state index contributed by atoms with van der Waals surface area (Å²) in [5.41, 5.74) is 3.65. The fourth-order valence-corrected chi connectivity index (χ4v) is 3.93. The number of benzene rings is 2. The molecule has 0 unspecified atom stereocenters. The predicted octanol–water partition coefficient (Wildman–Crippen LogP) is 5.14. The van der Waals surface area contributed by atoms with Crippen molar-refractivity contribution >= 4 is 11.6 Å². The van der Waals surface area contributed by atoms with Crippen LogP contribution < -0.4 is 20.1 Å². The summed E-state index contributed by atoms with van der Waals surface area (Å²) in [6, 6.07) is 23.2. The molecular formula is C30H28N6O3. The van der Waals surface area contributed by atoms with Gasteiger partial charge >= 0.3 is 0 Å². The molecule has 0 atom stereocenters. The summed E-state index contributed by atoms with van der Waals surface area (Å²) in [6.45, 7) is 1.72. The molecule has 0 amide bonds. The van der Waals surface area contributed by atoms with Crippen LogP contribution in [0.2, 0.25) is 0 Å². The largest absolute Gasteiger partial charge is 0.497 e. The van der Waals surface area contributed by atoms with Crippen molar-refractivity contribution in [3.63, 3.8) is 0 Å². The monoisotopic (exact) mass is 520 g/mol. The van der Waals surface area contributed by atoms with E-state index in [1.165, 1.54) is 0 Å². The van der Waals surface area contributed by atoms with Crippen LogP contribution in [-0.4, -0.2) is 37.4 Å². The first-order chi connectivity index (χ1) is 19.2. The lowest BCUT2D eigenvalue weighted by Crippen LogP contribution is -2.11. The van der Waals surface area contributed by atoms with Gasteiger partial charge in [0.05, 0.1) is 13.7 Å². The normalized spacial score (nSPS) is 10.3. The summed E-state index contributed by atoms with van der Waals surface area (Å²) in [4.78, 5) is 8.83. The minimum Gasteiger partial charge on any atom is -0.497 e. The van der Waals surface area contributed by atoms with E-state index < -0.39 is 0 Å². The van der Waals surface area contributed by atoms with Crippen molar-refractivity contribution < 1.29 is 14.2 Å². The Bertz CT molecular complexity index is 1460. The van der Waals surface area contributed by atoms with Gasteiger partial charge in [-0.25, -0.2) is 4.98 Å². The number of aromatic nitrogens is 2. The van der Waals surface area contributed by atoms with E-state index in [2.05, 4.69) is 32.7 Å². The van der Waals surface area contributed by atoms with Crippen LogP contribution in [0.1, 0.15) is 22.3 Å². The molecule has 2 heterocycles. The van der Waals surface area contributed by atoms with Gasteiger partial charge in [-0.2, -0.15) is 10.5 Å². The molecule has 196 valence electrons. The molecule has 0 aliphatic rings. The summed E-state index contributed by atoms with van der Waals surface area (Å²) in [5, 5.41) is 27.0. The van der Waals surface area contributed by atoms with E-state index in [0.29, 0.717) is 54.8 Å². The van der Waals surface area contributed by atoms with Crippen molar-refractivity contribution in [2.45, 2.75) is 13.1 Å². The van der Waals surface area contributed by atoms with Crippen LogP contribution in [-0.2, 0) is 17.8 Å². The number of nitriles is 2. The Balaban J connectivity index is 1.73. The van der Waals surface area contributed by atoms with E-state index >= 15 is 0 Å². The number of nitrogens with one attached hydrogen (secondary N) is 2. The van der Waals surface area contributed by atoms with Crippen LogP contribution in [0, 0.1) is 22.7 Å². The topological polar surface area (TPSA) is 125 Å². The number of nitrogens with zero attached hydrogens (tertiary/aromatic N) is 4. The lowest BCUT2D eigenvalue weighted by Gasteiger charge is -2.17. The summed E-state index contributed by atoms with van der Waals surface area (Å²) < 4.78 is 16.0. The highest BCUT2D eigenvalue weighted by molar-refractivity contribution is 5.85. The van der Waals surface area contributed by atoms with E-state index in [1.807, 2.05) is 48.5 Å². The first kappa shape index (κ1) is 26.9. The van der Waals surface area contributed by atoms with E-state index in [0.717, 1.165) is 16.9 Å². The van der Waals surface area contributed by atoms with Gasteiger partial charge < -0.3 is 24.8 Å². The van der Waals surface area contributed by atoms with Gasteiger partial charge in [-0.3, -0.25) is 4.98 Å². The van der Waals surface area contributed by atoms with Crippen LogP contribution in [0.25, 0.3) is 11.1 Å². The zero-order valence-electron chi connectivity index (χ0n) is 21.8. The van der Waals surface area contributed by atoms with Gasteiger partial charge in [0.1, 0.15) is 53.0 Å². The Kier molecular flexibility index (Phi) is 9.27. The number of rotatable bonds is 12. The maximum absolute atomic E-state index is 10.2. The molecule has 9 nitrogen and oxygen atoms in total. The molecule has 4 rings (SSSR count). The van der Waals surface area contributed by atoms with Crippen molar-refractivity contribution in [1.29, 1.82) is 10.5 Å². The Labute approximate surface area is 227 Å². The Morgan fingerprint density at radius 2 is 1.41 bits per heavy atom. The average Bonchev–Trinajstić information content (AvgIpc) is 2.99. The average molecular weight is 521 g/mol. The van der Waals surface area contributed by atoms with E-state index in [9.17, 15) is 10.5 Å². The highest BCUT2D eigenvalue weighted by Crippen LogP contribution is 2.36. The molecule has 0 radical (unpaired) electrons. The molecule has 2 aromatic carbocycles. The molecule has 0 bridgehead atoms. The molecule has 39 heavy (non-hydrogen) atoms. The molecule has 0 aliphatic carbocycles. The summed E-state index contributed by atoms with van der Waals surface area (Å²) >= 11 is 0. The zero-order valence-corrected chi connectivity index (χ0v) is 21.8. The molecule has 2 N–H and O–H groups in total. The predicted molar refractivity (Wildman–Crippen MR) is 148 cm³/mol. The third kappa shape index (κ3) is 6.80. The molecular weight excluding hydrogens is 492 g/mol. The van der Waals surface area contributed by atoms with Gasteiger partial charge in [0.15, 0.2) is 0 Å². The summed E-state index contributed by atoms with van der Waals surface area (Å²) in [5.74, 6) is 2.16. The number of hydrogen-bond donors (Lipinski definition) is 2. The van der Waals surface area contributed by atoms with Gasteiger partial charge in [0.2, 0.25) is 0 Å². The summed E-state index contributed by atoms with van der Waals surface area (Å²) in [6.07, 6.45) is 3.45. The number of anilines is 2. The quantitative estimate of drug-likeness (QED) is 0.244. The Morgan fingerprint density at radius 1 is 0.769 bits per heavy atom. The van der Waals surface area contributed by atoms with E-state index in [1.54, 1.807) is 38.7 Å². The fourth-order valence-electron chi connectivity index (χ4n) is 3.93. The maximum Gasteiger partial charge on any atom is 0.147 e. The zero-order chi connectivity index (χ0) is 27.5. The third-order valence-electron chi connectivity index (χ3n) is 5.92. The van der Waals surface area contributed by atoms with Gasteiger partial charge in [0, 0.05) is 38.2 Å². The van der Waals surface area contributed by atoms with Crippen LogP contribution in [0.15, 0.2) is 73.1 Å². The number of hydrogen-bond acceptors (Lipinski definition) is 9. The third-order valence-corrected chi connectivity index (χ3v) is 5.92. The van der Waals surface area contributed by atoms with Crippen molar-refractivity contribution in [3.05, 3.63) is 95.3 Å². The smallest absolute Gasteiger partial charge is 0.147 e. The Hall–Kier alpha value is -5.12. The van der Waals surface area contributed by atoms with Gasteiger partial charge in [0.25, 0.3) is 0 Å². The van der Waals surface area contributed by atoms with Crippen molar-refractivity contribution in [2.75, 3.05) is 38.1 Å². The van der Waals surface area contributed by atoms with Crippen molar-refractivity contribution in [2.24, 2.45) is 0 Å². The molecule has 0 saturated carbocycles. The number of ether oxygens (including phenoxy) is 3. The van der Waals surface area contributed by atoms with Crippen LogP contribution >= 0.6 is 0 Å². The maximum atomic E-state index is 10.2. The molecule has 9 heteroatoms. The highest BCUT2D eigenvalue weighted by atomic mass is 16.5. The lowest BCUT2D eigenvalue weighted by molar-refractivity contribution is 0.146.